The summed E-state index contributed by atoms with van der Waals surface area (Å²) in [5.41, 5.74) is -0.297. The Kier molecular flexibility index (Phi) is 5.60. The molecule has 1 aromatic rings. The molecule has 0 radical (unpaired) electrons. The number of carboxylic acids is 1. The standard InChI is InChI=1S/C14H18BrNO5/c1-14(2,3)21-13(19)16-11(12(17)18)8-5-6-10(20-4)9(15)7-8/h5-7,11H,1-4H3,(H,16,19)(H,17,18)/t11-/m1/s1. The fourth-order valence-electron chi connectivity index (χ4n) is 1.58. The maximum atomic E-state index is 11.7. The van der Waals surface area contributed by atoms with Crippen molar-refractivity contribution in [3.8, 4) is 5.75 Å². The number of halogens is 1. The number of benzene rings is 1. The van der Waals surface area contributed by atoms with E-state index in [1.54, 1.807) is 39.0 Å². The van der Waals surface area contributed by atoms with Gasteiger partial charge in [-0.05, 0) is 54.4 Å². The minimum Gasteiger partial charge on any atom is -0.496 e. The molecule has 0 bridgehead atoms. The summed E-state index contributed by atoms with van der Waals surface area (Å²) in [6.45, 7) is 5.10. The maximum Gasteiger partial charge on any atom is 0.408 e. The summed E-state index contributed by atoms with van der Waals surface area (Å²) in [6, 6.07) is 3.56. The van der Waals surface area contributed by atoms with E-state index in [2.05, 4.69) is 21.2 Å². The van der Waals surface area contributed by atoms with Crippen LogP contribution >= 0.6 is 15.9 Å². The van der Waals surface area contributed by atoms with Gasteiger partial charge in [0.25, 0.3) is 0 Å². The van der Waals surface area contributed by atoms with Crippen LogP contribution in [0.2, 0.25) is 0 Å². The molecule has 1 amide bonds. The highest BCUT2D eigenvalue weighted by Crippen LogP contribution is 2.28. The molecule has 0 spiro atoms. The Morgan fingerprint density at radius 3 is 2.38 bits per heavy atom. The molecular formula is C14H18BrNO5. The monoisotopic (exact) mass is 359 g/mol. The van der Waals surface area contributed by atoms with Crippen LogP contribution in [-0.4, -0.2) is 29.9 Å². The number of ether oxygens (including phenoxy) is 2. The molecule has 0 fully saturated rings. The normalized spacial score (nSPS) is 12.4. The van der Waals surface area contributed by atoms with E-state index >= 15 is 0 Å². The van der Waals surface area contributed by atoms with E-state index in [4.69, 9.17) is 9.47 Å². The third kappa shape index (κ3) is 5.26. The Morgan fingerprint density at radius 2 is 1.95 bits per heavy atom. The van der Waals surface area contributed by atoms with Crippen molar-refractivity contribution < 1.29 is 24.2 Å². The van der Waals surface area contributed by atoms with Gasteiger partial charge in [-0.25, -0.2) is 9.59 Å². The summed E-state index contributed by atoms with van der Waals surface area (Å²) >= 11 is 3.28. The average Bonchev–Trinajstić information content (AvgIpc) is 2.33. The molecule has 0 saturated heterocycles. The number of carbonyl (C=O) groups is 2. The van der Waals surface area contributed by atoms with Gasteiger partial charge in [-0.15, -0.1) is 0 Å². The molecule has 1 atom stereocenters. The molecule has 7 heteroatoms. The van der Waals surface area contributed by atoms with Gasteiger partial charge in [0.1, 0.15) is 11.4 Å². The molecule has 0 saturated carbocycles. The number of amides is 1. The number of rotatable bonds is 4. The Hall–Kier alpha value is -1.76. The lowest BCUT2D eigenvalue weighted by Crippen LogP contribution is -2.38. The zero-order valence-electron chi connectivity index (χ0n) is 12.3. The van der Waals surface area contributed by atoms with Crippen molar-refractivity contribution in [1.29, 1.82) is 0 Å². The minimum absolute atomic E-state index is 0.404. The number of hydrogen-bond donors (Lipinski definition) is 2. The Bertz CT molecular complexity index is 539. The Balaban J connectivity index is 2.95. The van der Waals surface area contributed by atoms with E-state index in [0.717, 1.165) is 0 Å². The van der Waals surface area contributed by atoms with E-state index in [1.807, 2.05) is 0 Å². The van der Waals surface area contributed by atoms with Gasteiger partial charge in [0.2, 0.25) is 0 Å². The first kappa shape index (κ1) is 17.3. The van der Waals surface area contributed by atoms with Crippen molar-refractivity contribution in [1.82, 2.24) is 5.32 Å². The van der Waals surface area contributed by atoms with Gasteiger partial charge in [-0.3, -0.25) is 0 Å². The number of carboxylic acid groups (broad SMARTS) is 1. The minimum atomic E-state index is -1.21. The lowest BCUT2D eigenvalue weighted by atomic mass is 10.1. The first-order chi connectivity index (χ1) is 9.64. The summed E-state index contributed by atoms with van der Waals surface area (Å²) < 4.78 is 10.7. The van der Waals surface area contributed by atoms with E-state index in [0.29, 0.717) is 15.8 Å². The SMILES string of the molecule is COc1ccc([C@@H](NC(=O)OC(C)(C)C)C(=O)O)cc1Br. The summed E-state index contributed by atoms with van der Waals surface area (Å²) in [7, 11) is 1.51. The molecule has 0 heterocycles. The van der Waals surface area contributed by atoms with Crippen molar-refractivity contribution >= 4 is 28.0 Å². The van der Waals surface area contributed by atoms with Gasteiger partial charge in [-0.2, -0.15) is 0 Å². The molecule has 116 valence electrons. The first-order valence-electron chi connectivity index (χ1n) is 6.20. The van der Waals surface area contributed by atoms with Crippen molar-refractivity contribution in [2.24, 2.45) is 0 Å². The molecular weight excluding hydrogens is 342 g/mol. The molecule has 0 aliphatic heterocycles. The van der Waals surface area contributed by atoms with Crippen molar-refractivity contribution in [3.05, 3.63) is 28.2 Å². The molecule has 6 nitrogen and oxygen atoms in total. The Morgan fingerprint density at radius 1 is 1.33 bits per heavy atom. The van der Waals surface area contributed by atoms with Crippen LogP contribution in [0.25, 0.3) is 0 Å². The summed E-state index contributed by atoms with van der Waals surface area (Å²) in [5.74, 6) is -0.613. The number of methoxy groups -OCH3 is 1. The van der Waals surface area contributed by atoms with E-state index < -0.39 is 23.7 Å². The van der Waals surface area contributed by atoms with Gasteiger partial charge in [0, 0.05) is 0 Å². The molecule has 0 unspecified atom stereocenters. The molecule has 2 N–H and O–H groups in total. The van der Waals surface area contributed by atoms with E-state index in [-0.39, 0.29) is 0 Å². The number of aliphatic carboxylic acids is 1. The molecule has 1 rings (SSSR count). The van der Waals surface area contributed by atoms with E-state index in [9.17, 15) is 14.7 Å². The van der Waals surface area contributed by atoms with Crippen LogP contribution in [0.3, 0.4) is 0 Å². The maximum absolute atomic E-state index is 11.7. The second kappa shape index (κ2) is 6.80. The van der Waals surface area contributed by atoms with Crippen LogP contribution in [-0.2, 0) is 9.53 Å². The highest BCUT2D eigenvalue weighted by Gasteiger charge is 2.26. The molecule has 21 heavy (non-hydrogen) atoms. The summed E-state index contributed by atoms with van der Waals surface area (Å²) in [6.07, 6.45) is -0.790. The summed E-state index contributed by atoms with van der Waals surface area (Å²) in [5, 5.41) is 11.6. The van der Waals surface area contributed by atoms with Crippen molar-refractivity contribution in [2.75, 3.05) is 7.11 Å². The topological polar surface area (TPSA) is 84.9 Å². The fourth-order valence-corrected chi connectivity index (χ4v) is 2.13. The first-order valence-corrected chi connectivity index (χ1v) is 6.99. The van der Waals surface area contributed by atoms with Crippen molar-refractivity contribution in [2.45, 2.75) is 32.4 Å². The summed E-state index contributed by atoms with van der Waals surface area (Å²) in [4.78, 5) is 23.1. The predicted molar refractivity (Wildman–Crippen MR) is 80.4 cm³/mol. The van der Waals surface area contributed by atoms with Gasteiger partial charge in [0.15, 0.2) is 6.04 Å². The third-order valence-electron chi connectivity index (χ3n) is 2.42. The molecule has 0 aromatic heterocycles. The predicted octanol–water partition coefficient (Wildman–Crippen LogP) is 3.11. The highest BCUT2D eigenvalue weighted by molar-refractivity contribution is 9.10. The number of nitrogens with one attached hydrogen (secondary N) is 1. The molecule has 0 aliphatic rings. The van der Waals surface area contributed by atoms with E-state index in [1.165, 1.54) is 7.11 Å². The fraction of sp³-hybridized carbons (Fsp3) is 0.429. The van der Waals surface area contributed by atoms with Crippen LogP contribution in [0.4, 0.5) is 4.79 Å². The Labute approximate surface area is 131 Å². The van der Waals surface area contributed by atoms with Crippen LogP contribution < -0.4 is 10.1 Å². The quantitative estimate of drug-likeness (QED) is 0.862. The lowest BCUT2D eigenvalue weighted by Gasteiger charge is -2.22. The second-order valence-corrected chi connectivity index (χ2v) is 6.17. The van der Waals surface area contributed by atoms with Gasteiger partial charge < -0.3 is 19.9 Å². The van der Waals surface area contributed by atoms with Crippen LogP contribution in [0.5, 0.6) is 5.75 Å². The second-order valence-electron chi connectivity index (χ2n) is 5.31. The van der Waals surface area contributed by atoms with Gasteiger partial charge in [0.05, 0.1) is 11.6 Å². The zero-order valence-corrected chi connectivity index (χ0v) is 13.9. The third-order valence-corrected chi connectivity index (χ3v) is 3.04. The van der Waals surface area contributed by atoms with Crippen molar-refractivity contribution in [3.63, 3.8) is 0 Å². The highest BCUT2D eigenvalue weighted by atomic mass is 79.9. The van der Waals surface area contributed by atoms with Crippen LogP contribution in [0.1, 0.15) is 32.4 Å². The molecule has 1 aromatic carbocycles. The lowest BCUT2D eigenvalue weighted by molar-refractivity contribution is -0.139. The number of alkyl carbamates (subject to hydrolysis) is 1. The number of carbonyl (C=O) groups excluding carboxylic acids is 1. The average molecular weight is 360 g/mol. The molecule has 0 aliphatic carbocycles. The van der Waals surface area contributed by atoms with Crippen LogP contribution in [0.15, 0.2) is 22.7 Å². The van der Waals surface area contributed by atoms with Gasteiger partial charge >= 0.3 is 12.1 Å². The van der Waals surface area contributed by atoms with Crippen LogP contribution in [0, 0.1) is 0 Å². The zero-order chi connectivity index (χ0) is 16.2. The number of hydrogen-bond acceptors (Lipinski definition) is 4. The smallest absolute Gasteiger partial charge is 0.408 e. The largest absolute Gasteiger partial charge is 0.496 e. The van der Waals surface area contributed by atoms with Gasteiger partial charge in [-0.1, -0.05) is 6.07 Å².